The molecular weight excluding hydrogens is 362 g/mol. The summed E-state index contributed by atoms with van der Waals surface area (Å²) in [5.74, 6) is 0. The van der Waals surface area contributed by atoms with Crippen LogP contribution in [0.2, 0.25) is 0 Å². The highest BCUT2D eigenvalue weighted by atomic mass is 16.5. The molecule has 5 heteroatoms. The standard InChI is InChI=1S/C24H25N3O2/c1-28-11-12-29-17-19-13-21-15-22(20-5-3-2-4-6-20)27-24(21)23(14-19)26-16-18-7-9-25-10-8-18/h2-10,13-15,26-27H,11-12,16-17H2,1H3. The number of aromatic nitrogens is 2. The van der Waals surface area contributed by atoms with E-state index in [0.29, 0.717) is 19.8 Å². The van der Waals surface area contributed by atoms with Gasteiger partial charge in [0.2, 0.25) is 0 Å². The minimum atomic E-state index is 0.551. The zero-order valence-electron chi connectivity index (χ0n) is 16.5. The lowest BCUT2D eigenvalue weighted by Gasteiger charge is -2.11. The molecule has 0 atom stereocenters. The Morgan fingerprint density at radius 3 is 2.55 bits per heavy atom. The third-order valence-corrected chi connectivity index (χ3v) is 4.81. The normalized spacial score (nSPS) is 11.1. The van der Waals surface area contributed by atoms with Crippen molar-refractivity contribution in [2.45, 2.75) is 13.2 Å². The molecule has 0 saturated carbocycles. The van der Waals surface area contributed by atoms with Crippen LogP contribution < -0.4 is 5.32 Å². The Morgan fingerprint density at radius 2 is 1.76 bits per heavy atom. The molecule has 2 aromatic heterocycles. The number of nitrogens with one attached hydrogen (secondary N) is 2. The zero-order valence-corrected chi connectivity index (χ0v) is 16.5. The lowest BCUT2D eigenvalue weighted by Crippen LogP contribution is -2.04. The van der Waals surface area contributed by atoms with Crippen molar-refractivity contribution in [2.24, 2.45) is 0 Å². The van der Waals surface area contributed by atoms with Gasteiger partial charge in [0.15, 0.2) is 0 Å². The first-order valence-electron chi connectivity index (χ1n) is 9.74. The summed E-state index contributed by atoms with van der Waals surface area (Å²) >= 11 is 0. The van der Waals surface area contributed by atoms with Gasteiger partial charge in [0, 0.05) is 37.1 Å². The quantitative estimate of drug-likeness (QED) is 0.397. The van der Waals surface area contributed by atoms with Crippen molar-refractivity contribution in [3.05, 3.63) is 84.2 Å². The van der Waals surface area contributed by atoms with Gasteiger partial charge >= 0.3 is 0 Å². The van der Waals surface area contributed by atoms with Gasteiger partial charge in [-0.3, -0.25) is 4.98 Å². The lowest BCUT2D eigenvalue weighted by atomic mass is 10.1. The van der Waals surface area contributed by atoms with Crippen LogP contribution in [0.3, 0.4) is 0 Å². The minimum absolute atomic E-state index is 0.551. The molecule has 0 radical (unpaired) electrons. The number of pyridine rings is 1. The Morgan fingerprint density at radius 1 is 0.931 bits per heavy atom. The van der Waals surface area contributed by atoms with E-state index in [4.69, 9.17) is 9.47 Å². The van der Waals surface area contributed by atoms with E-state index in [0.717, 1.165) is 34.4 Å². The van der Waals surface area contributed by atoms with E-state index in [-0.39, 0.29) is 0 Å². The van der Waals surface area contributed by atoms with Crippen LogP contribution in [0.25, 0.3) is 22.2 Å². The van der Waals surface area contributed by atoms with Gasteiger partial charge < -0.3 is 19.8 Å². The summed E-state index contributed by atoms with van der Waals surface area (Å²) in [6.45, 7) is 2.45. The van der Waals surface area contributed by atoms with E-state index in [2.05, 4.69) is 57.7 Å². The van der Waals surface area contributed by atoms with Crippen molar-refractivity contribution in [1.82, 2.24) is 9.97 Å². The van der Waals surface area contributed by atoms with Crippen molar-refractivity contribution in [1.29, 1.82) is 0 Å². The molecule has 4 rings (SSSR count). The number of ether oxygens (including phenoxy) is 2. The molecular formula is C24H25N3O2. The maximum absolute atomic E-state index is 5.75. The van der Waals surface area contributed by atoms with Crippen LogP contribution >= 0.6 is 0 Å². The van der Waals surface area contributed by atoms with Crippen LogP contribution in [0.5, 0.6) is 0 Å². The SMILES string of the molecule is COCCOCc1cc(NCc2ccncc2)c2[nH]c(-c3ccccc3)cc2c1. The van der Waals surface area contributed by atoms with Gasteiger partial charge in [-0.05, 0) is 47.0 Å². The van der Waals surface area contributed by atoms with Gasteiger partial charge in [-0.2, -0.15) is 0 Å². The maximum Gasteiger partial charge on any atom is 0.0719 e. The third-order valence-electron chi connectivity index (χ3n) is 4.81. The summed E-state index contributed by atoms with van der Waals surface area (Å²) < 4.78 is 10.8. The Balaban J connectivity index is 1.64. The molecule has 29 heavy (non-hydrogen) atoms. The van der Waals surface area contributed by atoms with E-state index in [1.54, 1.807) is 7.11 Å². The fourth-order valence-electron chi connectivity index (χ4n) is 3.33. The molecule has 0 aliphatic heterocycles. The molecule has 0 aliphatic rings. The average molecular weight is 387 g/mol. The van der Waals surface area contributed by atoms with Gasteiger partial charge in [0.25, 0.3) is 0 Å². The Kier molecular flexibility index (Phi) is 6.19. The molecule has 0 spiro atoms. The number of H-pyrrole nitrogens is 1. The molecule has 4 aromatic rings. The Labute approximate surface area is 170 Å². The molecule has 0 amide bonds. The third kappa shape index (κ3) is 4.83. The number of aromatic amines is 1. The average Bonchev–Trinajstić information content (AvgIpc) is 3.21. The minimum Gasteiger partial charge on any atom is -0.382 e. The summed E-state index contributed by atoms with van der Waals surface area (Å²) in [4.78, 5) is 7.67. The highest BCUT2D eigenvalue weighted by Crippen LogP contribution is 2.31. The summed E-state index contributed by atoms with van der Waals surface area (Å²) in [6.07, 6.45) is 3.63. The summed E-state index contributed by atoms with van der Waals surface area (Å²) in [6, 6.07) is 20.9. The molecule has 2 N–H and O–H groups in total. The first-order valence-corrected chi connectivity index (χ1v) is 9.74. The van der Waals surface area contributed by atoms with E-state index in [9.17, 15) is 0 Å². The fourth-order valence-corrected chi connectivity index (χ4v) is 3.33. The van der Waals surface area contributed by atoms with E-state index < -0.39 is 0 Å². The molecule has 0 fully saturated rings. The summed E-state index contributed by atoms with van der Waals surface area (Å²) in [5, 5.41) is 4.73. The molecule has 0 bridgehead atoms. The van der Waals surface area contributed by atoms with E-state index >= 15 is 0 Å². The van der Waals surface area contributed by atoms with Gasteiger partial charge in [-0.15, -0.1) is 0 Å². The molecule has 2 heterocycles. The fraction of sp³-hybridized carbons (Fsp3) is 0.208. The first kappa shape index (κ1) is 19.2. The first-order chi connectivity index (χ1) is 14.3. The van der Waals surface area contributed by atoms with Crippen LogP contribution in [0.15, 0.2) is 73.1 Å². The molecule has 0 saturated heterocycles. The number of hydrogen-bond donors (Lipinski definition) is 2. The van der Waals surface area contributed by atoms with Crippen LogP contribution in [-0.2, 0) is 22.6 Å². The number of nitrogens with zero attached hydrogens (tertiary/aromatic N) is 1. The molecule has 5 nitrogen and oxygen atoms in total. The monoisotopic (exact) mass is 387 g/mol. The highest BCUT2D eigenvalue weighted by molar-refractivity contribution is 5.95. The smallest absolute Gasteiger partial charge is 0.0719 e. The molecule has 148 valence electrons. The number of benzene rings is 2. The van der Waals surface area contributed by atoms with Gasteiger partial charge in [-0.1, -0.05) is 30.3 Å². The predicted molar refractivity (Wildman–Crippen MR) is 117 cm³/mol. The number of methoxy groups -OCH3 is 1. The van der Waals surface area contributed by atoms with Crippen molar-refractivity contribution < 1.29 is 9.47 Å². The Hall–Kier alpha value is -3.15. The number of fused-ring (bicyclic) bond motifs is 1. The Bertz CT molecular complexity index is 1050. The van der Waals surface area contributed by atoms with E-state index in [1.807, 2.05) is 30.6 Å². The summed E-state index contributed by atoms with van der Waals surface area (Å²) in [7, 11) is 1.68. The highest BCUT2D eigenvalue weighted by Gasteiger charge is 2.10. The van der Waals surface area contributed by atoms with Crippen molar-refractivity contribution in [3.8, 4) is 11.3 Å². The van der Waals surface area contributed by atoms with Crippen LogP contribution in [-0.4, -0.2) is 30.3 Å². The van der Waals surface area contributed by atoms with E-state index in [1.165, 1.54) is 11.1 Å². The van der Waals surface area contributed by atoms with Crippen LogP contribution in [0, 0.1) is 0 Å². The zero-order chi connectivity index (χ0) is 19.9. The van der Waals surface area contributed by atoms with Gasteiger partial charge in [0.05, 0.1) is 31.0 Å². The van der Waals surface area contributed by atoms with Gasteiger partial charge in [-0.25, -0.2) is 0 Å². The van der Waals surface area contributed by atoms with Crippen LogP contribution in [0.1, 0.15) is 11.1 Å². The van der Waals surface area contributed by atoms with Crippen molar-refractivity contribution in [2.75, 3.05) is 25.6 Å². The van der Waals surface area contributed by atoms with Crippen molar-refractivity contribution in [3.63, 3.8) is 0 Å². The molecule has 0 unspecified atom stereocenters. The summed E-state index contributed by atoms with van der Waals surface area (Å²) in [5.41, 5.74) is 6.74. The number of hydrogen-bond acceptors (Lipinski definition) is 4. The van der Waals surface area contributed by atoms with Crippen LogP contribution in [0.4, 0.5) is 5.69 Å². The van der Waals surface area contributed by atoms with Crippen molar-refractivity contribution >= 4 is 16.6 Å². The second-order valence-electron chi connectivity index (χ2n) is 6.91. The topological polar surface area (TPSA) is 59.2 Å². The van der Waals surface area contributed by atoms with Gasteiger partial charge in [0.1, 0.15) is 0 Å². The predicted octanol–water partition coefficient (Wildman–Crippen LogP) is 5.01. The largest absolute Gasteiger partial charge is 0.382 e. The number of rotatable bonds is 9. The molecule has 2 aromatic carbocycles. The second-order valence-corrected chi connectivity index (χ2v) is 6.91. The lowest BCUT2D eigenvalue weighted by molar-refractivity contribution is 0.0617. The second kappa shape index (κ2) is 9.37. The molecule has 0 aliphatic carbocycles. The maximum atomic E-state index is 5.75. The number of anilines is 1.